The maximum absolute atomic E-state index is 5.41. The summed E-state index contributed by atoms with van der Waals surface area (Å²) in [6.45, 7) is 0.708. The van der Waals surface area contributed by atoms with Crippen LogP contribution in [0.5, 0.6) is 0 Å². The third-order valence-corrected chi connectivity index (χ3v) is 1.40. The highest BCUT2D eigenvalue weighted by Gasteiger charge is 2.16. The second-order valence-corrected chi connectivity index (χ2v) is 1.97. The molecule has 1 aliphatic heterocycles. The smallest absolute Gasteiger partial charge is 0.176 e. The van der Waals surface area contributed by atoms with Gasteiger partial charge in [-0.1, -0.05) is 0 Å². The maximum atomic E-state index is 5.41. The van der Waals surface area contributed by atoms with E-state index in [2.05, 4.69) is 0 Å². The fourth-order valence-electron chi connectivity index (χ4n) is 0.511. The van der Waals surface area contributed by atoms with Crippen LogP contribution in [0.1, 0.15) is 6.42 Å². The van der Waals surface area contributed by atoms with Crippen molar-refractivity contribution in [1.82, 2.24) is 0 Å². The molecular weight excluding hydrogens is 110 g/mol. The van der Waals surface area contributed by atoms with Crippen molar-refractivity contribution in [1.29, 1.82) is 0 Å². The Hall–Kier alpha value is -0.150. The zero-order valence-electron chi connectivity index (χ0n) is 3.89. The van der Waals surface area contributed by atoms with Gasteiger partial charge in [0.05, 0.1) is 12.6 Å². The molecule has 0 bridgehead atoms. The van der Waals surface area contributed by atoms with Gasteiger partial charge in [0.25, 0.3) is 0 Å². The molecule has 40 valence electrons. The van der Waals surface area contributed by atoms with Gasteiger partial charge in [-0.25, -0.2) is 0 Å². The molecule has 0 spiro atoms. The average Bonchev–Trinajstić information content (AvgIpc) is 1.91. The van der Waals surface area contributed by atoms with Gasteiger partial charge in [0.2, 0.25) is 0 Å². The molecule has 1 atom stereocenters. The van der Waals surface area contributed by atoms with E-state index in [0.717, 1.165) is 6.42 Å². The molecule has 0 saturated carbocycles. The van der Waals surface area contributed by atoms with Crippen LogP contribution < -0.4 is 5.73 Å². The van der Waals surface area contributed by atoms with Crippen LogP contribution in [-0.2, 0) is 4.74 Å². The molecule has 0 aromatic rings. The highest BCUT2D eigenvalue weighted by atomic mass is 32.1. The molecule has 0 radical (unpaired) electrons. The Kier molecular flexibility index (Phi) is 1.25. The second-order valence-electron chi connectivity index (χ2n) is 1.56. The molecule has 1 rings (SSSR count). The molecule has 1 unspecified atom stereocenters. The van der Waals surface area contributed by atoms with Gasteiger partial charge in [-0.15, -0.1) is 0 Å². The summed E-state index contributed by atoms with van der Waals surface area (Å²) in [5.41, 5.74) is 5.41. The van der Waals surface area contributed by atoms with Crippen molar-refractivity contribution >= 4 is 17.3 Å². The fraction of sp³-hybridized carbons (Fsp3) is 0.750. The molecule has 0 amide bonds. The molecule has 0 aromatic heterocycles. The fourth-order valence-corrected chi connectivity index (χ4v) is 0.713. The predicted molar refractivity (Wildman–Crippen MR) is 31.1 cm³/mol. The zero-order chi connectivity index (χ0) is 5.28. The number of rotatable bonds is 0. The van der Waals surface area contributed by atoms with E-state index in [1.54, 1.807) is 0 Å². The Morgan fingerprint density at radius 1 is 1.86 bits per heavy atom. The van der Waals surface area contributed by atoms with Crippen molar-refractivity contribution < 1.29 is 4.74 Å². The van der Waals surface area contributed by atoms with Gasteiger partial charge in [0, 0.05) is 6.42 Å². The summed E-state index contributed by atoms with van der Waals surface area (Å²) in [6.07, 6.45) is 0.888. The van der Waals surface area contributed by atoms with Crippen LogP contribution in [0.15, 0.2) is 0 Å². The normalized spacial score (nSPS) is 30.4. The highest BCUT2D eigenvalue weighted by molar-refractivity contribution is 7.80. The highest BCUT2D eigenvalue weighted by Crippen LogP contribution is 2.03. The van der Waals surface area contributed by atoms with E-state index < -0.39 is 0 Å². The van der Waals surface area contributed by atoms with E-state index in [1.165, 1.54) is 0 Å². The molecule has 2 N–H and O–H groups in total. The van der Waals surface area contributed by atoms with E-state index in [-0.39, 0.29) is 6.04 Å². The standard InChI is InChI=1S/C4H7NOS/c5-3-1-2-6-4(3)7/h3H,1-2,5H2. The van der Waals surface area contributed by atoms with E-state index in [1.807, 2.05) is 0 Å². The molecule has 1 heterocycles. The van der Waals surface area contributed by atoms with E-state index in [4.69, 9.17) is 22.7 Å². The van der Waals surface area contributed by atoms with Gasteiger partial charge < -0.3 is 10.5 Å². The molecule has 3 heteroatoms. The Bertz CT molecular complexity index is 93.7. The van der Waals surface area contributed by atoms with Crippen molar-refractivity contribution in [3.05, 3.63) is 0 Å². The minimum Gasteiger partial charge on any atom is -0.485 e. The summed E-state index contributed by atoms with van der Waals surface area (Å²) >= 11 is 4.69. The predicted octanol–water partition coefficient (Wildman–Crippen LogP) is 0.0614. The average molecular weight is 117 g/mol. The Morgan fingerprint density at radius 3 is 2.71 bits per heavy atom. The van der Waals surface area contributed by atoms with E-state index in [9.17, 15) is 0 Å². The summed E-state index contributed by atoms with van der Waals surface area (Å²) in [5, 5.41) is 0.569. The monoisotopic (exact) mass is 117 g/mol. The number of hydrogen-bond donors (Lipinski definition) is 1. The van der Waals surface area contributed by atoms with Crippen LogP contribution in [0, 0.1) is 0 Å². The summed E-state index contributed by atoms with van der Waals surface area (Å²) in [6, 6.07) is 0.0231. The van der Waals surface area contributed by atoms with Gasteiger partial charge in [0.15, 0.2) is 5.05 Å². The summed E-state index contributed by atoms with van der Waals surface area (Å²) < 4.78 is 4.87. The van der Waals surface area contributed by atoms with Gasteiger partial charge in [0.1, 0.15) is 0 Å². The third-order valence-electron chi connectivity index (χ3n) is 0.976. The first kappa shape index (κ1) is 5.00. The second kappa shape index (κ2) is 1.76. The molecular formula is C4H7NOS. The van der Waals surface area contributed by atoms with E-state index >= 15 is 0 Å². The van der Waals surface area contributed by atoms with Crippen molar-refractivity contribution in [2.24, 2.45) is 5.73 Å². The molecule has 2 nitrogen and oxygen atoms in total. The topological polar surface area (TPSA) is 35.2 Å². The van der Waals surface area contributed by atoms with Crippen LogP contribution >= 0.6 is 12.2 Å². The molecule has 7 heavy (non-hydrogen) atoms. The number of ether oxygens (including phenoxy) is 1. The maximum Gasteiger partial charge on any atom is 0.176 e. The van der Waals surface area contributed by atoms with Crippen LogP contribution in [0.25, 0.3) is 0 Å². The zero-order valence-corrected chi connectivity index (χ0v) is 4.70. The first-order valence-electron chi connectivity index (χ1n) is 2.23. The molecule has 0 aromatic carbocycles. The van der Waals surface area contributed by atoms with Gasteiger partial charge in [-0.05, 0) is 12.2 Å². The Morgan fingerprint density at radius 2 is 2.57 bits per heavy atom. The summed E-state index contributed by atoms with van der Waals surface area (Å²) in [7, 11) is 0. The minimum atomic E-state index is 0.0231. The number of thiocarbonyl (C=S) groups is 1. The third kappa shape index (κ3) is 0.894. The first-order chi connectivity index (χ1) is 3.30. The Labute approximate surface area is 47.6 Å². The largest absolute Gasteiger partial charge is 0.485 e. The van der Waals surface area contributed by atoms with Gasteiger partial charge in [-0.2, -0.15) is 0 Å². The van der Waals surface area contributed by atoms with Crippen molar-refractivity contribution in [2.75, 3.05) is 6.61 Å². The van der Waals surface area contributed by atoms with Crippen molar-refractivity contribution in [3.63, 3.8) is 0 Å². The van der Waals surface area contributed by atoms with Crippen LogP contribution in [0.4, 0.5) is 0 Å². The van der Waals surface area contributed by atoms with Crippen LogP contribution in [0.3, 0.4) is 0 Å². The lowest BCUT2D eigenvalue weighted by atomic mass is 10.3. The lowest BCUT2D eigenvalue weighted by Gasteiger charge is -1.94. The Balaban J connectivity index is 2.48. The SMILES string of the molecule is NC1CCOC1=S. The number of nitrogens with two attached hydrogens (primary N) is 1. The lowest BCUT2D eigenvalue weighted by Crippen LogP contribution is -2.22. The minimum absolute atomic E-state index is 0.0231. The lowest BCUT2D eigenvalue weighted by molar-refractivity contribution is 0.351. The summed E-state index contributed by atoms with van der Waals surface area (Å²) in [5.74, 6) is 0. The van der Waals surface area contributed by atoms with Gasteiger partial charge in [-0.3, -0.25) is 0 Å². The van der Waals surface area contributed by atoms with Crippen molar-refractivity contribution in [2.45, 2.75) is 12.5 Å². The van der Waals surface area contributed by atoms with Crippen molar-refractivity contribution in [3.8, 4) is 0 Å². The molecule has 1 saturated heterocycles. The van der Waals surface area contributed by atoms with Crippen LogP contribution in [-0.4, -0.2) is 17.7 Å². The van der Waals surface area contributed by atoms with Crippen LogP contribution in [0.2, 0.25) is 0 Å². The first-order valence-corrected chi connectivity index (χ1v) is 2.64. The van der Waals surface area contributed by atoms with Gasteiger partial charge >= 0.3 is 0 Å². The van der Waals surface area contributed by atoms with E-state index in [0.29, 0.717) is 11.7 Å². The molecule has 1 aliphatic rings. The molecule has 0 aliphatic carbocycles. The summed E-state index contributed by atoms with van der Waals surface area (Å²) in [4.78, 5) is 0. The quantitative estimate of drug-likeness (QED) is 0.456. The molecule has 1 fully saturated rings. The number of hydrogen-bond acceptors (Lipinski definition) is 3.